The summed E-state index contributed by atoms with van der Waals surface area (Å²) in [5, 5.41) is 7.28. The van der Waals surface area contributed by atoms with Gasteiger partial charge in [-0.2, -0.15) is 0 Å². The second-order valence-electron chi connectivity index (χ2n) is 3.70. The van der Waals surface area contributed by atoms with E-state index in [0.717, 1.165) is 18.2 Å². The quantitative estimate of drug-likeness (QED) is 0.662. The maximum absolute atomic E-state index is 13.5. The SMILES string of the molecule is N=C(N)c1c(F)cccc1Oc1ccc(F)c(F)c1. The molecule has 0 unspecified atom stereocenters. The number of ether oxygens (including phenoxy) is 1. The maximum Gasteiger partial charge on any atom is 0.162 e. The van der Waals surface area contributed by atoms with E-state index in [4.69, 9.17) is 15.9 Å². The Morgan fingerprint density at radius 1 is 1.00 bits per heavy atom. The van der Waals surface area contributed by atoms with Crippen molar-refractivity contribution in [3.63, 3.8) is 0 Å². The standard InChI is InChI=1S/C13H9F3N2O/c14-8-5-4-7(6-10(8)16)19-11-3-1-2-9(15)12(11)13(17)18/h1-6H,(H3,17,18). The van der Waals surface area contributed by atoms with Gasteiger partial charge in [0.15, 0.2) is 11.6 Å². The normalized spacial score (nSPS) is 10.3. The molecule has 0 amide bonds. The van der Waals surface area contributed by atoms with Crippen molar-refractivity contribution in [1.82, 2.24) is 0 Å². The van der Waals surface area contributed by atoms with Crippen molar-refractivity contribution in [3.8, 4) is 11.5 Å². The molecule has 0 fully saturated rings. The minimum absolute atomic E-state index is 0.0213. The number of nitrogen functional groups attached to an aromatic ring is 1. The van der Waals surface area contributed by atoms with Crippen LogP contribution in [0.1, 0.15) is 5.56 Å². The van der Waals surface area contributed by atoms with Gasteiger partial charge in [-0.15, -0.1) is 0 Å². The molecule has 6 heteroatoms. The van der Waals surface area contributed by atoms with E-state index >= 15 is 0 Å². The molecule has 19 heavy (non-hydrogen) atoms. The van der Waals surface area contributed by atoms with Gasteiger partial charge in [0.25, 0.3) is 0 Å². The minimum Gasteiger partial charge on any atom is -0.456 e. The average Bonchev–Trinajstić information content (AvgIpc) is 2.33. The molecular weight excluding hydrogens is 257 g/mol. The van der Waals surface area contributed by atoms with E-state index in [-0.39, 0.29) is 17.1 Å². The van der Waals surface area contributed by atoms with Crippen molar-refractivity contribution in [1.29, 1.82) is 5.41 Å². The number of nitrogens with one attached hydrogen (secondary N) is 1. The predicted octanol–water partition coefficient (Wildman–Crippen LogP) is 3.18. The molecule has 0 aromatic heterocycles. The average molecular weight is 266 g/mol. The molecule has 2 rings (SSSR count). The summed E-state index contributed by atoms with van der Waals surface area (Å²) < 4.78 is 44.5. The van der Waals surface area contributed by atoms with Crippen molar-refractivity contribution in [2.75, 3.05) is 0 Å². The van der Waals surface area contributed by atoms with Crippen molar-refractivity contribution >= 4 is 5.84 Å². The molecule has 0 aliphatic rings. The van der Waals surface area contributed by atoms with Gasteiger partial charge >= 0.3 is 0 Å². The molecule has 3 N–H and O–H groups in total. The molecule has 0 saturated heterocycles. The highest BCUT2D eigenvalue weighted by molar-refractivity contribution is 5.98. The number of amidine groups is 1. The lowest BCUT2D eigenvalue weighted by molar-refractivity contribution is 0.457. The number of hydrogen-bond donors (Lipinski definition) is 2. The minimum atomic E-state index is -1.08. The van der Waals surface area contributed by atoms with Crippen LogP contribution in [0.5, 0.6) is 11.5 Å². The second kappa shape index (κ2) is 5.01. The largest absolute Gasteiger partial charge is 0.456 e. The number of benzene rings is 2. The molecule has 0 bridgehead atoms. The Balaban J connectivity index is 2.40. The zero-order chi connectivity index (χ0) is 14.0. The number of halogens is 3. The Bertz CT molecular complexity index is 644. The van der Waals surface area contributed by atoms with Crippen LogP contribution in [-0.2, 0) is 0 Å². The van der Waals surface area contributed by atoms with Crippen molar-refractivity contribution in [3.05, 3.63) is 59.4 Å². The van der Waals surface area contributed by atoms with Crippen LogP contribution in [-0.4, -0.2) is 5.84 Å². The third-order valence-corrected chi connectivity index (χ3v) is 2.36. The van der Waals surface area contributed by atoms with E-state index in [2.05, 4.69) is 0 Å². The van der Waals surface area contributed by atoms with Gasteiger partial charge in [-0.1, -0.05) is 6.07 Å². The molecule has 2 aromatic carbocycles. The first kappa shape index (κ1) is 12.9. The summed E-state index contributed by atoms with van der Waals surface area (Å²) >= 11 is 0. The van der Waals surface area contributed by atoms with Crippen LogP contribution in [0.25, 0.3) is 0 Å². The monoisotopic (exact) mass is 266 g/mol. The summed E-state index contributed by atoms with van der Waals surface area (Å²) in [5.41, 5.74) is 5.02. The molecule has 0 aliphatic heterocycles. The molecule has 3 nitrogen and oxygen atoms in total. The first-order valence-corrected chi connectivity index (χ1v) is 5.25. The van der Waals surface area contributed by atoms with Gasteiger partial charge in [0.2, 0.25) is 0 Å². The topological polar surface area (TPSA) is 59.1 Å². The van der Waals surface area contributed by atoms with Gasteiger partial charge in [-0.3, -0.25) is 5.41 Å². The Morgan fingerprint density at radius 3 is 2.37 bits per heavy atom. The predicted molar refractivity (Wildman–Crippen MR) is 63.8 cm³/mol. The Labute approximate surface area is 106 Å². The summed E-state index contributed by atoms with van der Waals surface area (Å²) in [6.07, 6.45) is 0. The van der Waals surface area contributed by atoms with Gasteiger partial charge in [0.1, 0.15) is 23.2 Å². The van der Waals surface area contributed by atoms with Crippen LogP contribution in [0.15, 0.2) is 36.4 Å². The van der Waals surface area contributed by atoms with Gasteiger partial charge < -0.3 is 10.5 Å². The number of rotatable bonds is 3. The van der Waals surface area contributed by atoms with Crippen LogP contribution >= 0.6 is 0 Å². The van der Waals surface area contributed by atoms with E-state index in [1.165, 1.54) is 18.2 Å². The molecule has 0 heterocycles. The Kier molecular flexibility index (Phi) is 3.41. The summed E-state index contributed by atoms with van der Waals surface area (Å²) in [6.45, 7) is 0. The van der Waals surface area contributed by atoms with E-state index in [1.807, 2.05) is 0 Å². The second-order valence-corrected chi connectivity index (χ2v) is 3.70. The first-order valence-electron chi connectivity index (χ1n) is 5.25. The molecule has 2 aromatic rings. The summed E-state index contributed by atoms with van der Waals surface area (Å²) in [4.78, 5) is 0. The van der Waals surface area contributed by atoms with Crippen molar-refractivity contribution in [2.45, 2.75) is 0 Å². The van der Waals surface area contributed by atoms with Crippen molar-refractivity contribution in [2.24, 2.45) is 5.73 Å². The maximum atomic E-state index is 13.5. The highest BCUT2D eigenvalue weighted by Crippen LogP contribution is 2.27. The smallest absolute Gasteiger partial charge is 0.162 e. The lowest BCUT2D eigenvalue weighted by atomic mass is 10.1. The fourth-order valence-electron chi connectivity index (χ4n) is 1.52. The highest BCUT2D eigenvalue weighted by atomic mass is 19.2. The molecule has 0 saturated carbocycles. The van der Waals surface area contributed by atoms with E-state index < -0.39 is 23.3 Å². The number of nitrogens with two attached hydrogens (primary N) is 1. The fourth-order valence-corrected chi connectivity index (χ4v) is 1.52. The van der Waals surface area contributed by atoms with Gasteiger partial charge in [0.05, 0.1) is 5.56 Å². The van der Waals surface area contributed by atoms with Crippen LogP contribution in [0, 0.1) is 22.9 Å². The summed E-state index contributed by atoms with van der Waals surface area (Å²) in [7, 11) is 0. The molecule has 0 atom stereocenters. The van der Waals surface area contributed by atoms with Crippen LogP contribution in [0.3, 0.4) is 0 Å². The van der Waals surface area contributed by atoms with Crippen molar-refractivity contribution < 1.29 is 17.9 Å². The lowest BCUT2D eigenvalue weighted by Crippen LogP contribution is -2.14. The number of hydrogen-bond acceptors (Lipinski definition) is 2. The van der Waals surface area contributed by atoms with Gasteiger partial charge in [-0.25, -0.2) is 13.2 Å². The third kappa shape index (κ3) is 2.67. The zero-order valence-corrected chi connectivity index (χ0v) is 9.58. The lowest BCUT2D eigenvalue weighted by Gasteiger charge is -2.11. The summed E-state index contributed by atoms with van der Waals surface area (Å²) in [6, 6.07) is 6.75. The van der Waals surface area contributed by atoms with Crippen LogP contribution in [0.4, 0.5) is 13.2 Å². The van der Waals surface area contributed by atoms with Crippen LogP contribution < -0.4 is 10.5 Å². The van der Waals surface area contributed by atoms with Gasteiger partial charge in [0, 0.05) is 6.07 Å². The fraction of sp³-hybridized carbons (Fsp3) is 0. The molecular formula is C13H9F3N2O. The van der Waals surface area contributed by atoms with Crippen LogP contribution in [0.2, 0.25) is 0 Å². The third-order valence-electron chi connectivity index (χ3n) is 2.36. The van der Waals surface area contributed by atoms with E-state index in [0.29, 0.717) is 0 Å². The first-order chi connectivity index (χ1) is 8.99. The Morgan fingerprint density at radius 2 is 1.74 bits per heavy atom. The zero-order valence-electron chi connectivity index (χ0n) is 9.58. The Hall–Kier alpha value is -2.50. The molecule has 0 aliphatic carbocycles. The molecule has 0 radical (unpaired) electrons. The van der Waals surface area contributed by atoms with Gasteiger partial charge in [-0.05, 0) is 24.3 Å². The van der Waals surface area contributed by atoms with E-state index in [1.54, 1.807) is 0 Å². The highest BCUT2D eigenvalue weighted by Gasteiger charge is 2.14. The van der Waals surface area contributed by atoms with E-state index in [9.17, 15) is 13.2 Å². The molecule has 0 spiro atoms. The molecule has 98 valence electrons. The summed E-state index contributed by atoms with van der Waals surface area (Å²) in [5.74, 6) is -3.41.